The molecule has 0 unspecified atom stereocenters. The fourth-order valence-corrected chi connectivity index (χ4v) is 3.54. The van der Waals surface area contributed by atoms with Crippen molar-refractivity contribution in [2.45, 2.75) is 18.0 Å². The number of rotatable bonds is 7. The highest BCUT2D eigenvalue weighted by Crippen LogP contribution is 2.27. The van der Waals surface area contributed by atoms with Gasteiger partial charge in [-0.05, 0) is 53.8 Å². The lowest BCUT2D eigenvalue weighted by molar-refractivity contribution is -0.385. The van der Waals surface area contributed by atoms with E-state index in [0.29, 0.717) is 11.1 Å². The number of nitriles is 1. The van der Waals surface area contributed by atoms with Crippen molar-refractivity contribution in [3.8, 4) is 6.07 Å². The second-order valence-corrected chi connectivity index (χ2v) is 7.62. The second-order valence-electron chi connectivity index (χ2n) is 6.74. The monoisotopic (exact) mass is 435 g/mol. The lowest BCUT2D eigenvalue weighted by Gasteiger charge is -2.23. The Morgan fingerprint density at radius 3 is 2.42 bits per heavy atom. The number of nitro groups is 1. The van der Waals surface area contributed by atoms with E-state index in [4.69, 9.17) is 5.26 Å². The molecular weight excluding hydrogens is 417 g/mol. The topological polar surface area (TPSA) is 87.2 Å². The Balaban J connectivity index is 2.01. The van der Waals surface area contributed by atoms with Crippen LogP contribution in [0.15, 0.2) is 71.6 Å². The first-order chi connectivity index (χ1) is 14.9. The summed E-state index contributed by atoms with van der Waals surface area (Å²) < 4.78 is 13.7. The molecule has 156 valence electrons. The fourth-order valence-electron chi connectivity index (χ4n) is 3.10. The summed E-state index contributed by atoms with van der Waals surface area (Å²) in [6, 6.07) is 19.0. The maximum absolute atomic E-state index is 13.7. The van der Waals surface area contributed by atoms with Gasteiger partial charge in [0, 0.05) is 24.1 Å². The summed E-state index contributed by atoms with van der Waals surface area (Å²) in [5.41, 5.74) is 1.47. The Hall–Kier alpha value is -3.70. The average Bonchev–Trinajstić information content (AvgIpc) is 2.78. The third kappa shape index (κ3) is 5.47. The lowest BCUT2D eigenvalue weighted by Crippen LogP contribution is -2.30. The van der Waals surface area contributed by atoms with Gasteiger partial charge >= 0.3 is 0 Å². The standard InChI is InChI=1S/C23H18FN3O3S/c1-31-20-9-10-22(27(29)30)21(12-20)23(28)26(15-18-3-2-4-19(24)11-18)14-17-7-5-16(13-25)6-8-17/h2-12H,14-15H2,1H3. The summed E-state index contributed by atoms with van der Waals surface area (Å²) in [6.07, 6.45) is 1.82. The van der Waals surface area contributed by atoms with Gasteiger partial charge in [0.1, 0.15) is 11.4 Å². The Bertz CT molecular complexity index is 1160. The van der Waals surface area contributed by atoms with E-state index in [1.165, 1.54) is 40.9 Å². The highest BCUT2D eigenvalue weighted by atomic mass is 32.2. The molecule has 6 nitrogen and oxygen atoms in total. The Morgan fingerprint density at radius 1 is 1.10 bits per heavy atom. The summed E-state index contributed by atoms with van der Waals surface area (Å²) in [5, 5.41) is 20.5. The van der Waals surface area contributed by atoms with Gasteiger partial charge in [-0.15, -0.1) is 11.8 Å². The van der Waals surface area contributed by atoms with Crippen molar-refractivity contribution in [2.24, 2.45) is 0 Å². The number of thioether (sulfide) groups is 1. The SMILES string of the molecule is CSc1ccc([N+](=O)[O-])c(C(=O)N(Cc2ccc(C#N)cc2)Cc2cccc(F)c2)c1. The molecule has 3 aromatic carbocycles. The van der Waals surface area contributed by atoms with Crippen LogP contribution in [0.2, 0.25) is 0 Å². The molecule has 8 heteroatoms. The number of carbonyl (C=O) groups excluding carboxylic acids is 1. The largest absolute Gasteiger partial charge is 0.330 e. The molecule has 0 fully saturated rings. The van der Waals surface area contributed by atoms with Crippen molar-refractivity contribution in [2.75, 3.05) is 6.26 Å². The molecule has 0 N–H and O–H groups in total. The summed E-state index contributed by atoms with van der Waals surface area (Å²) >= 11 is 1.37. The van der Waals surface area contributed by atoms with E-state index in [1.807, 2.05) is 12.3 Å². The first-order valence-corrected chi connectivity index (χ1v) is 10.5. The summed E-state index contributed by atoms with van der Waals surface area (Å²) in [4.78, 5) is 26.5. The van der Waals surface area contributed by atoms with Crippen molar-refractivity contribution < 1.29 is 14.1 Å². The molecule has 0 aromatic heterocycles. The Morgan fingerprint density at radius 2 is 1.81 bits per heavy atom. The molecule has 0 heterocycles. The van der Waals surface area contributed by atoms with E-state index in [1.54, 1.807) is 42.5 Å². The maximum Gasteiger partial charge on any atom is 0.282 e. The van der Waals surface area contributed by atoms with Gasteiger partial charge in [-0.3, -0.25) is 14.9 Å². The van der Waals surface area contributed by atoms with Crippen molar-refractivity contribution >= 4 is 23.4 Å². The van der Waals surface area contributed by atoms with Crippen molar-refractivity contribution in [1.29, 1.82) is 5.26 Å². The number of nitro benzene ring substituents is 1. The summed E-state index contributed by atoms with van der Waals surface area (Å²) in [5.74, 6) is -0.963. The predicted molar refractivity (Wildman–Crippen MR) is 116 cm³/mol. The zero-order chi connectivity index (χ0) is 22.4. The van der Waals surface area contributed by atoms with Crippen LogP contribution in [0.3, 0.4) is 0 Å². The number of amides is 1. The van der Waals surface area contributed by atoms with Crippen molar-refractivity contribution in [3.05, 3.63) is 105 Å². The van der Waals surface area contributed by atoms with Gasteiger partial charge < -0.3 is 4.90 Å². The molecule has 3 rings (SSSR count). The van der Waals surface area contributed by atoms with Crippen LogP contribution in [0.25, 0.3) is 0 Å². The lowest BCUT2D eigenvalue weighted by atomic mass is 10.1. The van der Waals surface area contributed by atoms with E-state index in [9.17, 15) is 19.3 Å². The van der Waals surface area contributed by atoms with Crippen molar-refractivity contribution in [1.82, 2.24) is 4.90 Å². The zero-order valence-electron chi connectivity index (χ0n) is 16.6. The second kappa shape index (κ2) is 9.87. The Labute approximate surface area is 183 Å². The molecule has 0 radical (unpaired) electrons. The number of halogens is 1. The normalized spacial score (nSPS) is 10.4. The van der Waals surface area contributed by atoms with Crippen LogP contribution in [0.4, 0.5) is 10.1 Å². The van der Waals surface area contributed by atoms with Crippen LogP contribution in [0, 0.1) is 27.3 Å². The molecule has 0 aliphatic heterocycles. The maximum atomic E-state index is 13.7. The molecule has 0 aliphatic rings. The molecule has 0 bridgehead atoms. The molecule has 0 saturated heterocycles. The first-order valence-electron chi connectivity index (χ1n) is 9.26. The Kier molecular flexibility index (Phi) is 7.00. The highest BCUT2D eigenvalue weighted by Gasteiger charge is 2.26. The molecule has 0 saturated carbocycles. The summed E-state index contributed by atoms with van der Waals surface area (Å²) in [7, 11) is 0. The molecule has 3 aromatic rings. The number of hydrogen-bond donors (Lipinski definition) is 0. The van der Waals surface area contributed by atoms with Crippen molar-refractivity contribution in [3.63, 3.8) is 0 Å². The van der Waals surface area contributed by atoms with Crippen LogP contribution < -0.4 is 0 Å². The minimum Gasteiger partial charge on any atom is -0.330 e. The fraction of sp³-hybridized carbons (Fsp3) is 0.130. The number of nitrogens with zero attached hydrogens (tertiary/aromatic N) is 3. The van der Waals surface area contributed by atoms with Gasteiger partial charge in [-0.25, -0.2) is 4.39 Å². The van der Waals surface area contributed by atoms with Gasteiger partial charge in [-0.1, -0.05) is 24.3 Å². The highest BCUT2D eigenvalue weighted by molar-refractivity contribution is 7.98. The van der Waals surface area contributed by atoms with Crippen LogP contribution in [0.1, 0.15) is 27.0 Å². The summed E-state index contributed by atoms with van der Waals surface area (Å²) in [6.45, 7) is 0.207. The predicted octanol–water partition coefficient (Wildman–Crippen LogP) is 5.17. The molecular formula is C23H18FN3O3S. The minimum atomic E-state index is -0.584. The van der Waals surface area contributed by atoms with Crippen LogP contribution in [-0.2, 0) is 13.1 Å². The number of hydrogen-bond acceptors (Lipinski definition) is 5. The van der Waals surface area contributed by atoms with E-state index >= 15 is 0 Å². The van der Waals surface area contributed by atoms with E-state index in [2.05, 4.69) is 0 Å². The molecule has 31 heavy (non-hydrogen) atoms. The third-order valence-electron chi connectivity index (χ3n) is 4.64. The minimum absolute atomic E-state index is 0.0260. The molecule has 0 spiro atoms. The zero-order valence-corrected chi connectivity index (χ0v) is 17.4. The van der Waals surface area contributed by atoms with Crippen LogP contribution in [-0.4, -0.2) is 22.0 Å². The first kappa shape index (κ1) is 22.0. The van der Waals surface area contributed by atoms with E-state index < -0.39 is 16.6 Å². The molecule has 0 aliphatic carbocycles. The van der Waals surface area contributed by atoms with Gasteiger partial charge in [0.25, 0.3) is 11.6 Å². The van der Waals surface area contributed by atoms with Crippen LogP contribution in [0.5, 0.6) is 0 Å². The molecule has 1 amide bonds. The average molecular weight is 435 g/mol. The van der Waals surface area contributed by atoms with E-state index in [0.717, 1.165) is 10.5 Å². The van der Waals surface area contributed by atoms with Gasteiger partial charge in [0.2, 0.25) is 0 Å². The third-order valence-corrected chi connectivity index (χ3v) is 5.36. The number of carbonyl (C=O) groups is 1. The smallest absolute Gasteiger partial charge is 0.282 e. The van der Waals surface area contributed by atoms with Gasteiger partial charge in [0.05, 0.1) is 16.6 Å². The van der Waals surface area contributed by atoms with Crippen LogP contribution >= 0.6 is 11.8 Å². The van der Waals surface area contributed by atoms with Gasteiger partial charge in [0.15, 0.2) is 0 Å². The number of benzene rings is 3. The molecule has 0 atom stereocenters. The van der Waals surface area contributed by atoms with Gasteiger partial charge in [-0.2, -0.15) is 5.26 Å². The van der Waals surface area contributed by atoms with E-state index in [-0.39, 0.29) is 24.3 Å². The quantitative estimate of drug-likeness (QED) is 0.290.